The van der Waals surface area contributed by atoms with Crippen molar-refractivity contribution in [2.24, 2.45) is 0 Å². The lowest BCUT2D eigenvalue weighted by Crippen LogP contribution is -2.25. The van der Waals surface area contributed by atoms with Gasteiger partial charge in [-0.3, -0.25) is 0 Å². The summed E-state index contributed by atoms with van der Waals surface area (Å²) >= 11 is 0. The van der Waals surface area contributed by atoms with Crippen molar-refractivity contribution in [3.8, 4) is 5.75 Å². The van der Waals surface area contributed by atoms with Crippen LogP contribution >= 0.6 is 0 Å². The fraction of sp³-hybridized carbons (Fsp3) is 0.462. The van der Waals surface area contributed by atoms with Crippen molar-refractivity contribution in [1.82, 2.24) is 0 Å². The molecule has 2 atom stereocenters. The Balaban J connectivity index is 2.52. The van der Waals surface area contributed by atoms with Crippen LogP contribution in [0.15, 0.2) is 12.1 Å². The fourth-order valence-corrected chi connectivity index (χ4v) is 2.18. The van der Waals surface area contributed by atoms with Crippen LogP contribution in [0.5, 0.6) is 5.75 Å². The molecule has 1 N–H and O–H groups in total. The normalized spacial score (nSPS) is 22.4. The SMILES string of the molecule is COC(=O)c1ccc2c(c1O)[C@@H](OC)O[C@H](C)C2. The molecule has 1 aromatic rings. The Bertz CT molecular complexity index is 469. The Labute approximate surface area is 105 Å². The third-order valence-electron chi connectivity index (χ3n) is 3.03. The zero-order valence-corrected chi connectivity index (χ0v) is 10.6. The highest BCUT2D eigenvalue weighted by atomic mass is 16.7. The minimum atomic E-state index is -0.659. The van der Waals surface area contributed by atoms with Gasteiger partial charge >= 0.3 is 5.97 Å². The summed E-state index contributed by atoms with van der Waals surface area (Å²) < 4.78 is 15.4. The van der Waals surface area contributed by atoms with Gasteiger partial charge in [0.25, 0.3) is 0 Å². The largest absolute Gasteiger partial charge is 0.507 e. The van der Waals surface area contributed by atoms with Crippen LogP contribution in [0, 0.1) is 0 Å². The standard InChI is InChI=1S/C13H16O5/c1-7-6-8-4-5-9(12(15)16-2)11(14)10(8)13(17-3)18-7/h4-5,7,13-14H,6H2,1-3H3/t7-,13+/m1/s1. The summed E-state index contributed by atoms with van der Waals surface area (Å²) in [6.45, 7) is 1.93. The van der Waals surface area contributed by atoms with E-state index >= 15 is 0 Å². The third-order valence-corrected chi connectivity index (χ3v) is 3.03. The third kappa shape index (κ3) is 2.07. The van der Waals surface area contributed by atoms with E-state index in [-0.39, 0.29) is 17.4 Å². The first-order valence-corrected chi connectivity index (χ1v) is 5.69. The number of aromatic hydroxyl groups is 1. The van der Waals surface area contributed by atoms with Crippen LogP contribution < -0.4 is 0 Å². The first-order chi connectivity index (χ1) is 8.58. The van der Waals surface area contributed by atoms with E-state index in [0.717, 1.165) is 5.56 Å². The van der Waals surface area contributed by atoms with Gasteiger partial charge in [0.1, 0.15) is 11.3 Å². The summed E-state index contributed by atoms with van der Waals surface area (Å²) in [4.78, 5) is 11.5. The highest BCUT2D eigenvalue weighted by Crippen LogP contribution is 2.38. The molecule has 0 fully saturated rings. The van der Waals surface area contributed by atoms with E-state index in [2.05, 4.69) is 4.74 Å². The van der Waals surface area contributed by atoms with Crippen molar-refractivity contribution in [3.63, 3.8) is 0 Å². The number of hydrogen-bond acceptors (Lipinski definition) is 5. The molecule has 0 saturated carbocycles. The van der Waals surface area contributed by atoms with Gasteiger partial charge in [0, 0.05) is 7.11 Å². The van der Waals surface area contributed by atoms with Crippen LogP contribution in [0.25, 0.3) is 0 Å². The average molecular weight is 252 g/mol. The van der Waals surface area contributed by atoms with Crippen LogP contribution in [-0.2, 0) is 20.6 Å². The quantitative estimate of drug-likeness (QED) is 0.813. The van der Waals surface area contributed by atoms with Gasteiger partial charge < -0.3 is 19.3 Å². The van der Waals surface area contributed by atoms with Gasteiger partial charge in [0.15, 0.2) is 6.29 Å². The van der Waals surface area contributed by atoms with Crippen LogP contribution in [0.1, 0.15) is 34.7 Å². The highest BCUT2D eigenvalue weighted by molar-refractivity contribution is 5.93. The first kappa shape index (κ1) is 12.9. The van der Waals surface area contributed by atoms with Crippen molar-refractivity contribution in [1.29, 1.82) is 0 Å². The monoisotopic (exact) mass is 252 g/mol. The lowest BCUT2D eigenvalue weighted by molar-refractivity contribution is -0.164. The molecule has 1 aliphatic heterocycles. The Morgan fingerprint density at radius 1 is 1.44 bits per heavy atom. The molecule has 1 aliphatic rings. The predicted molar refractivity (Wildman–Crippen MR) is 63.4 cm³/mol. The number of esters is 1. The zero-order chi connectivity index (χ0) is 13.3. The molecule has 0 bridgehead atoms. The number of methoxy groups -OCH3 is 2. The number of hydrogen-bond donors (Lipinski definition) is 1. The van der Waals surface area contributed by atoms with Gasteiger partial charge in [0.05, 0.1) is 18.8 Å². The molecular weight excluding hydrogens is 236 g/mol. The lowest BCUT2D eigenvalue weighted by atomic mass is 9.95. The summed E-state index contributed by atoms with van der Waals surface area (Å²) in [5.74, 6) is -0.707. The minimum Gasteiger partial charge on any atom is -0.507 e. The zero-order valence-electron chi connectivity index (χ0n) is 10.6. The average Bonchev–Trinajstić information content (AvgIpc) is 2.37. The van der Waals surface area contributed by atoms with Gasteiger partial charge in [0.2, 0.25) is 0 Å². The lowest BCUT2D eigenvalue weighted by Gasteiger charge is -2.30. The van der Waals surface area contributed by atoms with E-state index in [0.29, 0.717) is 12.0 Å². The molecule has 0 aromatic heterocycles. The predicted octanol–water partition coefficient (Wildman–Crippen LogP) is 1.78. The molecule has 0 saturated heterocycles. The second kappa shape index (κ2) is 4.96. The number of ether oxygens (including phenoxy) is 3. The Hall–Kier alpha value is -1.59. The van der Waals surface area contributed by atoms with Crippen molar-refractivity contribution in [2.75, 3.05) is 14.2 Å². The summed E-state index contributed by atoms with van der Waals surface area (Å²) in [7, 11) is 2.77. The van der Waals surface area contributed by atoms with Gasteiger partial charge in [-0.2, -0.15) is 0 Å². The number of carbonyl (C=O) groups is 1. The van der Waals surface area contributed by atoms with Crippen LogP contribution in [0.3, 0.4) is 0 Å². The van der Waals surface area contributed by atoms with E-state index in [1.54, 1.807) is 12.1 Å². The number of fused-ring (bicyclic) bond motifs is 1. The molecular formula is C13H16O5. The molecule has 0 spiro atoms. The van der Waals surface area contributed by atoms with Crippen molar-refractivity contribution in [3.05, 3.63) is 28.8 Å². The number of rotatable bonds is 2. The Morgan fingerprint density at radius 2 is 2.17 bits per heavy atom. The van der Waals surface area contributed by atoms with Crippen LogP contribution in [-0.4, -0.2) is 31.4 Å². The van der Waals surface area contributed by atoms with Gasteiger partial charge in [-0.15, -0.1) is 0 Å². The van der Waals surface area contributed by atoms with Crippen molar-refractivity contribution < 1.29 is 24.1 Å². The number of carbonyl (C=O) groups excluding carboxylic acids is 1. The van der Waals surface area contributed by atoms with Gasteiger partial charge in [-0.1, -0.05) is 6.07 Å². The van der Waals surface area contributed by atoms with E-state index in [1.165, 1.54) is 14.2 Å². The highest BCUT2D eigenvalue weighted by Gasteiger charge is 2.30. The van der Waals surface area contributed by atoms with Gasteiger partial charge in [-0.05, 0) is 25.0 Å². The number of phenols is 1. The fourth-order valence-electron chi connectivity index (χ4n) is 2.18. The molecule has 98 valence electrons. The molecule has 5 nitrogen and oxygen atoms in total. The second-order valence-corrected chi connectivity index (χ2v) is 4.24. The van der Waals surface area contributed by atoms with Gasteiger partial charge in [-0.25, -0.2) is 4.79 Å². The van der Waals surface area contributed by atoms with Crippen molar-refractivity contribution >= 4 is 5.97 Å². The molecule has 5 heteroatoms. The molecule has 2 rings (SSSR count). The summed E-state index contributed by atoms with van der Waals surface area (Å²) in [5, 5.41) is 10.2. The summed E-state index contributed by atoms with van der Waals surface area (Å²) in [6, 6.07) is 3.36. The maximum atomic E-state index is 11.5. The van der Waals surface area contributed by atoms with E-state index < -0.39 is 12.3 Å². The maximum Gasteiger partial charge on any atom is 0.341 e. The number of phenolic OH excluding ortho intramolecular Hbond substituents is 1. The topological polar surface area (TPSA) is 65.0 Å². The minimum absolute atomic E-state index is 0.00540. The smallest absolute Gasteiger partial charge is 0.341 e. The molecule has 1 heterocycles. The second-order valence-electron chi connectivity index (χ2n) is 4.24. The molecule has 0 unspecified atom stereocenters. The molecule has 1 aromatic carbocycles. The Morgan fingerprint density at radius 3 is 2.78 bits per heavy atom. The van der Waals surface area contributed by atoms with Crippen molar-refractivity contribution in [2.45, 2.75) is 25.7 Å². The molecule has 18 heavy (non-hydrogen) atoms. The number of benzene rings is 1. The van der Waals surface area contributed by atoms with E-state index in [4.69, 9.17) is 9.47 Å². The first-order valence-electron chi connectivity index (χ1n) is 5.69. The summed E-state index contributed by atoms with van der Waals surface area (Å²) in [5.41, 5.74) is 1.56. The van der Waals surface area contributed by atoms with E-state index in [9.17, 15) is 9.90 Å². The van der Waals surface area contributed by atoms with Crippen LogP contribution in [0.4, 0.5) is 0 Å². The van der Waals surface area contributed by atoms with Crippen LogP contribution in [0.2, 0.25) is 0 Å². The van der Waals surface area contributed by atoms with E-state index in [1.807, 2.05) is 6.92 Å². The molecule has 0 radical (unpaired) electrons. The maximum absolute atomic E-state index is 11.5. The molecule has 0 aliphatic carbocycles. The molecule has 0 amide bonds. The Kier molecular flexibility index (Phi) is 3.54. The summed E-state index contributed by atoms with van der Waals surface area (Å²) in [6.07, 6.45) is 0.0173.